The lowest BCUT2D eigenvalue weighted by Crippen LogP contribution is -2.01. The third-order valence-corrected chi connectivity index (χ3v) is 2.69. The van der Waals surface area contributed by atoms with Crippen LogP contribution < -0.4 is 10.5 Å². The van der Waals surface area contributed by atoms with Gasteiger partial charge in [0.2, 0.25) is 0 Å². The highest BCUT2D eigenvalue weighted by Gasteiger charge is 2.13. The maximum absolute atomic E-state index is 13.5. The molecule has 0 saturated heterocycles. The van der Waals surface area contributed by atoms with E-state index in [9.17, 15) is 8.78 Å². The van der Waals surface area contributed by atoms with Gasteiger partial charge in [0.1, 0.15) is 5.75 Å². The average Bonchev–Trinajstić information content (AvgIpc) is 2.32. The van der Waals surface area contributed by atoms with Crippen LogP contribution >= 0.6 is 0 Å². The van der Waals surface area contributed by atoms with Crippen molar-refractivity contribution in [1.29, 1.82) is 0 Å². The van der Waals surface area contributed by atoms with Crippen LogP contribution in [0.4, 0.5) is 14.6 Å². The first-order valence-electron chi connectivity index (χ1n) is 5.34. The third kappa shape index (κ3) is 2.25. The van der Waals surface area contributed by atoms with Gasteiger partial charge in [-0.05, 0) is 31.0 Å². The van der Waals surface area contributed by atoms with E-state index >= 15 is 0 Å². The quantitative estimate of drug-likeness (QED) is 0.889. The van der Waals surface area contributed by atoms with Crippen molar-refractivity contribution in [3.05, 3.63) is 47.0 Å². The minimum Gasteiger partial charge on any atom is -0.436 e. The van der Waals surface area contributed by atoms with E-state index in [4.69, 9.17) is 10.5 Å². The van der Waals surface area contributed by atoms with E-state index in [1.54, 1.807) is 12.1 Å². The molecule has 0 radical (unpaired) electrons. The van der Waals surface area contributed by atoms with Gasteiger partial charge in [-0.1, -0.05) is 12.1 Å². The fourth-order valence-electron chi connectivity index (χ4n) is 1.47. The SMILES string of the molecule is Cc1cccc(Oc2nc(N)c(F)cc2F)c1C. The van der Waals surface area contributed by atoms with E-state index in [-0.39, 0.29) is 5.88 Å². The van der Waals surface area contributed by atoms with Crippen molar-refractivity contribution >= 4 is 5.82 Å². The zero-order valence-electron chi connectivity index (χ0n) is 10.00. The molecule has 0 spiro atoms. The number of hydrogen-bond donors (Lipinski definition) is 1. The Kier molecular flexibility index (Phi) is 3.14. The summed E-state index contributed by atoms with van der Waals surface area (Å²) < 4.78 is 31.7. The summed E-state index contributed by atoms with van der Waals surface area (Å²) in [5.74, 6) is -2.05. The highest BCUT2D eigenvalue weighted by Crippen LogP contribution is 2.28. The molecule has 0 fully saturated rings. The molecule has 2 aromatic rings. The molecule has 0 atom stereocenters. The van der Waals surface area contributed by atoms with Crippen LogP contribution in [-0.2, 0) is 0 Å². The Bertz CT molecular complexity index is 600. The Morgan fingerprint density at radius 3 is 2.61 bits per heavy atom. The molecule has 2 rings (SSSR count). The van der Waals surface area contributed by atoms with Crippen LogP contribution in [0.2, 0.25) is 0 Å². The largest absolute Gasteiger partial charge is 0.436 e. The van der Waals surface area contributed by atoms with E-state index in [0.717, 1.165) is 11.1 Å². The van der Waals surface area contributed by atoms with Crippen molar-refractivity contribution in [2.45, 2.75) is 13.8 Å². The number of halogens is 2. The monoisotopic (exact) mass is 250 g/mol. The number of ether oxygens (including phenoxy) is 1. The van der Waals surface area contributed by atoms with Crippen molar-refractivity contribution in [3.8, 4) is 11.6 Å². The number of nitrogen functional groups attached to an aromatic ring is 1. The molecule has 5 heteroatoms. The third-order valence-electron chi connectivity index (χ3n) is 2.69. The Hall–Kier alpha value is -2.17. The molecule has 0 aliphatic rings. The minimum absolute atomic E-state index is 0.331. The summed E-state index contributed by atoms with van der Waals surface area (Å²) >= 11 is 0. The van der Waals surface area contributed by atoms with E-state index in [0.29, 0.717) is 11.8 Å². The number of nitrogens with zero attached hydrogens (tertiary/aromatic N) is 1. The van der Waals surface area contributed by atoms with Crippen LogP contribution in [0.5, 0.6) is 11.6 Å². The first-order valence-corrected chi connectivity index (χ1v) is 5.34. The molecule has 0 saturated carbocycles. The van der Waals surface area contributed by atoms with Gasteiger partial charge in [-0.2, -0.15) is 4.98 Å². The second kappa shape index (κ2) is 4.60. The normalized spacial score (nSPS) is 10.4. The van der Waals surface area contributed by atoms with Crippen molar-refractivity contribution in [3.63, 3.8) is 0 Å². The Morgan fingerprint density at radius 1 is 1.17 bits per heavy atom. The summed E-state index contributed by atoms with van der Waals surface area (Å²) in [4.78, 5) is 3.54. The van der Waals surface area contributed by atoms with Gasteiger partial charge < -0.3 is 10.5 Å². The summed E-state index contributed by atoms with van der Waals surface area (Å²) in [6.45, 7) is 3.75. The topological polar surface area (TPSA) is 48.1 Å². The van der Waals surface area contributed by atoms with Crippen molar-refractivity contribution in [2.75, 3.05) is 5.73 Å². The average molecular weight is 250 g/mol. The molecule has 1 heterocycles. The van der Waals surface area contributed by atoms with Gasteiger partial charge in [-0.15, -0.1) is 0 Å². The lowest BCUT2D eigenvalue weighted by Gasteiger charge is -2.10. The Labute approximate surface area is 103 Å². The Balaban J connectivity index is 2.40. The molecule has 0 aliphatic carbocycles. The van der Waals surface area contributed by atoms with Gasteiger partial charge >= 0.3 is 0 Å². The highest BCUT2D eigenvalue weighted by atomic mass is 19.1. The van der Waals surface area contributed by atoms with Crippen LogP contribution in [0, 0.1) is 25.5 Å². The fourth-order valence-corrected chi connectivity index (χ4v) is 1.47. The molecule has 0 aliphatic heterocycles. The fraction of sp³-hybridized carbons (Fsp3) is 0.154. The van der Waals surface area contributed by atoms with Gasteiger partial charge in [0, 0.05) is 6.07 Å². The molecule has 18 heavy (non-hydrogen) atoms. The number of aryl methyl sites for hydroxylation is 1. The van der Waals surface area contributed by atoms with Gasteiger partial charge in [0.15, 0.2) is 17.5 Å². The molecule has 0 unspecified atom stereocenters. The van der Waals surface area contributed by atoms with E-state index in [1.807, 2.05) is 19.9 Å². The number of rotatable bonds is 2. The van der Waals surface area contributed by atoms with Gasteiger partial charge in [-0.25, -0.2) is 8.78 Å². The van der Waals surface area contributed by atoms with Crippen molar-refractivity contribution < 1.29 is 13.5 Å². The van der Waals surface area contributed by atoms with Crippen molar-refractivity contribution in [2.24, 2.45) is 0 Å². The first kappa shape index (κ1) is 12.3. The highest BCUT2D eigenvalue weighted by molar-refractivity contribution is 5.42. The van der Waals surface area contributed by atoms with Gasteiger partial charge in [0.25, 0.3) is 5.88 Å². The number of hydrogen-bond acceptors (Lipinski definition) is 3. The maximum Gasteiger partial charge on any atom is 0.258 e. The second-order valence-electron chi connectivity index (χ2n) is 3.94. The molecule has 94 valence electrons. The van der Waals surface area contributed by atoms with Crippen LogP contribution in [0.25, 0.3) is 0 Å². The van der Waals surface area contributed by atoms with E-state index < -0.39 is 17.5 Å². The van der Waals surface area contributed by atoms with Crippen LogP contribution in [0.3, 0.4) is 0 Å². The Morgan fingerprint density at radius 2 is 1.89 bits per heavy atom. The summed E-state index contributed by atoms with van der Waals surface area (Å²) in [6, 6.07) is 6.03. The predicted molar refractivity (Wildman–Crippen MR) is 64.6 cm³/mol. The lowest BCUT2D eigenvalue weighted by molar-refractivity contribution is 0.415. The number of aromatic nitrogens is 1. The zero-order chi connectivity index (χ0) is 13.3. The molecule has 1 aromatic heterocycles. The van der Waals surface area contributed by atoms with Crippen LogP contribution in [0.1, 0.15) is 11.1 Å². The molecule has 1 aromatic carbocycles. The minimum atomic E-state index is -0.902. The number of nitrogens with two attached hydrogens (primary N) is 1. The predicted octanol–water partition coefficient (Wildman–Crippen LogP) is 3.35. The molecular weight excluding hydrogens is 238 g/mol. The van der Waals surface area contributed by atoms with Crippen molar-refractivity contribution in [1.82, 2.24) is 4.98 Å². The summed E-state index contributed by atoms with van der Waals surface area (Å²) in [6.07, 6.45) is 0. The first-order chi connectivity index (χ1) is 8.49. The smallest absolute Gasteiger partial charge is 0.258 e. The zero-order valence-corrected chi connectivity index (χ0v) is 10.00. The number of pyridine rings is 1. The molecule has 0 bridgehead atoms. The molecule has 3 nitrogen and oxygen atoms in total. The number of anilines is 1. The number of benzene rings is 1. The summed E-state index contributed by atoms with van der Waals surface area (Å²) in [5.41, 5.74) is 7.14. The van der Waals surface area contributed by atoms with E-state index in [1.165, 1.54) is 0 Å². The van der Waals surface area contributed by atoms with Crippen LogP contribution in [-0.4, -0.2) is 4.98 Å². The lowest BCUT2D eigenvalue weighted by atomic mass is 10.1. The van der Waals surface area contributed by atoms with Crippen LogP contribution in [0.15, 0.2) is 24.3 Å². The molecule has 2 N–H and O–H groups in total. The van der Waals surface area contributed by atoms with Gasteiger partial charge in [-0.3, -0.25) is 0 Å². The second-order valence-corrected chi connectivity index (χ2v) is 3.94. The molecular formula is C13H12F2N2O. The standard InChI is InChI=1S/C13H12F2N2O/c1-7-4-3-5-11(8(7)2)18-13-10(15)6-9(14)12(16)17-13/h3-6H,1-2H3,(H2,16,17). The summed E-state index contributed by atoms with van der Waals surface area (Å²) in [5, 5.41) is 0. The summed E-state index contributed by atoms with van der Waals surface area (Å²) in [7, 11) is 0. The van der Waals surface area contributed by atoms with Gasteiger partial charge in [0.05, 0.1) is 0 Å². The van der Waals surface area contributed by atoms with E-state index in [2.05, 4.69) is 4.98 Å². The maximum atomic E-state index is 13.5. The molecule has 0 amide bonds.